The van der Waals surface area contributed by atoms with Crippen molar-refractivity contribution in [3.63, 3.8) is 0 Å². The molecule has 1 aliphatic heterocycles. The van der Waals surface area contributed by atoms with Crippen molar-refractivity contribution >= 4 is 196 Å². The number of anilines is 3. The maximum atomic E-state index is 2.43. The molecule has 442 valence electrons. The second-order valence-corrected chi connectivity index (χ2v) is 32.7. The van der Waals surface area contributed by atoms with Gasteiger partial charge in [0.05, 0.1) is 0 Å². The van der Waals surface area contributed by atoms with Gasteiger partial charge in [0.25, 0.3) is 0 Å². The summed E-state index contributed by atoms with van der Waals surface area (Å²) in [4.78, 5) is 19.4. The van der Waals surface area contributed by atoms with Crippen molar-refractivity contribution in [2.75, 3.05) is 10.7 Å². The smallest absolute Gasteiger partial charge is 0.0462 e. The molecule has 11 aromatic rings. The van der Waals surface area contributed by atoms with E-state index in [0.717, 1.165) is 22.8 Å². The summed E-state index contributed by atoms with van der Waals surface area (Å²) >= 11 is 14.8. The number of hydrogen-bond acceptors (Lipinski definition) is 9. The Kier molecular flexibility index (Phi) is 18.8. The van der Waals surface area contributed by atoms with Crippen LogP contribution in [0.4, 0.5) is 17.1 Å². The van der Waals surface area contributed by atoms with Crippen molar-refractivity contribution in [3.8, 4) is 20.9 Å². The first-order chi connectivity index (χ1) is 42.5. The van der Waals surface area contributed by atoms with Crippen LogP contribution in [-0.2, 0) is 0 Å². The van der Waals surface area contributed by atoms with E-state index in [-0.39, 0.29) is 10.5 Å². The predicted molar refractivity (Wildman–Crippen MR) is 411 cm³/mol. The van der Waals surface area contributed by atoms with Gasteiger partial charge in [0.1, 0.15) is 0 Å². The number of hydrogen-bond donors (Lipinski definition) is 0. The van der Waals surface area contributed by atoms with Gasteiger partial charge < -0.3 is 4.90 Å². The summed E-state index contributed by atoms with van der Waals surface area (Å²) in [7, 11) is 0.0321. The molecule has 1 atom stereocenters. The molecule has 0 amide bonds. The highest BCUT2D eigenvalue weighted by Gasteiger charge is 2.18. The van der Waals surface area contributed by atoms with Gasteiger partial charge in [-0.3, -0.25) is 0 Å². The van der Waals surface area contributed by atoms with Crippen LogP contribution in [0.2, 0.25) is 0 Å². The molecule has 0 bridgehead atoms. The fourth-order valence-corrected chi connectivity index (χ4v) is 20.3. The van der Waals surface area contributed by atoms with E-state index in [2.05, 4.69) is 285 Å². The second-order valence-electron chi connectivity index (χ2n) is 22.8. The summed E-state index contributed by atoms with van der Waals surface area (Å²) in [5.74, 6) is 1.01. The van der Waals surface area contributed by atoms with Gasteiger partial charge in [0.2, 0.25) is 0 Å². The summed E-state index contributed by atoms with van der Waals surface area (Å²) in [5, 5.41) is 11.6. The molecular weight excluding hydrogens is 1240 g/mol. The highest BCUT2D eigenvalue weighted by molar-refractivity contribution is 8.18. The third kappa shape index (κ3) is 13.3. The SMILES string of the molecule is Cc1csc(/C=C/c2sc(/C=C/c3ccc(-c4ccc(N(c5ccc(C6=CC=S(/C=C/c7sc(/C=C/c8scc(C)c8C)c(C)c7C)C6)cc5)c5ccc(-c6ccc(/C=C/c7sc(/C=C/c8scc(C)c8C)c(C)c7C)s6)cc5)cc4)s3)c(C)c2C)c1C. The highest BCUT2D eigenvalue weighted by atomic mass is 32.2. The fraction of sp³-hybridized carbons (Fsp3) is 0.167. The molecule has 12 rings (SSSR count). The molecule has 0 radical (unpaired) electrons. The molecule has 0 saturated heterocycles. The minimum absolute atomic E-state index is 0.0321. The summed E-state index contributed by atoms with van der Waals surface area (Å²) in [6.45, 7) is 26.8. The standard InChI is InChI=1S/C78H71NS9/c1-47-43-80-68(50(47)4)33-36-73-55(9)53(7)71(85-73)29-25-66-27-31-77(83-66)60-15-21-64(22-16-60)79(63-19-13-59(14-20-63)62-39-41-88(46-62)42-40-76-58(12)57(11)75(87-76)38-35-70-52(6)49(3)45-82-70)65-23-17-61(18-24-65)78-32-28-67(84-78)26-30-72-54(8)56(10)74(86-72)37-34-69-51(5)48(2)44-81-69/h13-45H,46H2,1-12H3/b29-25+,30-26+,36-33+,37-34+,38-35+,42-40+. The van der Waals surface area contributed by atoms with E-state index in [9.17, 15) is 0 Å². The van der Waals surface area contributed by atoms with Crippen LogP contribution in [0.15, 0.2) is 125 Å². The van der Waals surface area contributed by atoms with Crippen molar-refractivity contribution in [2.45, 2.75) is 83.1 Å². The first-order valence-corrected chi connectivity index (χ1v) is 37.8. The van der Waals surface area contributed by atoms with Crippen LogP contribution in [0, 0.1) is 83.1 Å². The molecule has 0 aliphatic carbocycles. The molecule has 8 aromatic heterocycles. The largest absolute Gasteiger partial charge is 0.311 e. The number of thiophene rings is 8. The Hall–Kier alpha value is -6.54. The lowest BCUT2D eigenvalue weighted by molar-refractivity contribution is 1.28. The van der Waals surface area contributed by atoms with Gasteiger partial charge in [0, 0.05) is 86.2 Å². The molecule has 1 unspecified atom stereocenters. The zero-order valence-electron chi connectivity index (χ0n) is 51.9. The van der Waals surface area contributed by atoms with Gasteiger partial charge in [-0.2, -0.15) is 10.5 Å². The second kappa shape index (κ2) is 26.9. The molecule has 0 N–H and O–H groups in total. The lowest BCUT2D eigenvalue weighted by Gasteiger charge is -2.26. The number of benzene rings is 3. The van der Waals surface area contributed by atoms with E-state index in [1.54, 1.807) is 0 Å². The lowest BCUT2D eigenvalue weighted by Crippen LogP contribution is -2.09. The number of aryl methyl sites for hydroxylation is 3. The molecule has 10 heteroatoms. The molecular formula is C78H71NS9. The lowest BCUT2D eigenvalue weighted by atomic mass is 10.1. The fourth-order valence-electron chi connectivity index (χ4n) is 10.6. The van der Waals surface area contributed by atoms with Crippen LogP contribution >= 0.6 is 101 Å². The van der Waals surface area contributed by atoms with Gasteiger partial charge in [-0.25, -0.2) is 0 Å². The van der Waals surface area contributed by atoms with Crippen LogP contribution in [0.3, 0.4) is 0 Å². The van der Waals surface area contributed by atoms with E-state index in [4.69, 9.17) is 0 Å². The highest BCUT2D eigenvalue weighted by Crippen LogP contribution is 2.42. The first-order valence-electron chi connectivity index (χ1n) is 29.6. The maximum Gasteiger partial charge on any atom is 0.0462 e. The van der Waals surface area contributed by atoms with E-state index < -0.39 is 0 Å². The van der Waals surface area contributed by atoms with Crippen molar-refractivity contribution in [2.24, 2.45) is 0 Å². The van der Waals surface area contributed by atoms with E-state index >= 15 is 0 Å². The van der Waals surface area contributed by atoms with Crippen LogP contribution in [0.1, 0.15) is 126 Å². The van der Waals surface area contributed by atoms with Crippen molar-refractivity contribution in [1.82, 2.24) is 0 Å². The monoisotopic (exact) mass is 1310 g/mol. The van der Waals surface area contributed by atoms with Crippen LogP contribution < -0.4 is 4.90 Å². The van der Waals surface area contributed by atoms with E-state index in [1.807, 2.05) is 90.7 Å². The zero-order valence-corrected chi connectivity index (χ0v) is 59.2. The topological polar surface area (TPSA) is 3.24 Å². The Labute approximate surface area is 556 Å². The minimum atomic E-state index is 0.0321. The van der Waals surface area contributed by atoms with Crippen molar-refractivity contribution in [3.05, 3.63) is 251 Å². The predicted octanol–water partition coefficient (Wildman–Crippen LogP) is 26.7. The molecule has 9 heterocycles. The summed E-state index contributed by atoms with van der Waals surface area (Å²) < 4.78 is 0. The summed E-state index contributed by atoms with van der Waals surface area (Å²) in [6, 6.07) is 36.6. The Morgan fingerprint density at radius 3 is 0.977 bits per heavy atom. The van der Waals surface area contributed by atoms with Gasteiger partial charge in [-0.15, -0.1) is 90.7 Å². The average molecular weight is 1310 g/mol. The zero-order chi connectivity index (χ0) is 61.3. The van der Waals surface area contributed by atoms with Gasteiger partial charge in [-0.05, 0) is 327 Å². The Balaban J connectivity index is 0.767. The molecule has 1 aliphatic rings. The van der Waals surface area contributed by atoms with Gasteiger partial charge >= 0.3 is 0 Å². The number of allylic oxidation sites excluding steroid dienone is 1. The third-order valence-corrected chi connectivity index (χ3v) is 28.5. The Morgan fingerprint density at radius 1 is 0.318 bits per heavy atom. The van der Waals surface area contributed by atoms with Crippen LogP contribution in [0.25, 0.3) is 93.3 Å². The van der Waals surface area contributed by atoms with Gasteiger partial charge in [0.15, 0.2) is 0 Å². The number of nitrogens with zero attached hydrogens (tertiary/aromatic N) is 1. The average Bonchev–Trinajstić information content (AvgIpc) is 2.16. The van der Waals surface area contributed by atoms with Gasteiger partial charge in [-0.1, -0.05) is 42.5 Å². The Morgan fingerprint density at radius 2 is 0.636 bits per heavy atom. The molecule has 0 saturated carbocycles. The van der Waals surface area contributed by atoms with Crippen LogP contribution in [-0.4, -0.2) is 11.1 Å². The summed E-state index contributed by atoms with van der Waals surface area (Å²) in [6.07, 6.45) is 27.7. The normalized spacial score (nSPS) is 13.9. The molecule has 88 heavy (non-hydrogen) atoms. The van der Waals surface area contributed by atoms with Crippen molar-refractivity contribution < 1.29 is 0 Å². The van der Waals surface area contributed by atoms with Crippen LogP contribution in [0.5, 0.6) is 0 Å². The van der Waals surface area contributed by atoms with E-state index in [0.29, 0.717) is 0 Å². The summed E-state index contributed by atoms with van der Waals surface area (Å²) in [5.41, 5.74) is 24.9. The molecule has 1 nitrogen and oxygen atoms in total. The third-order valence-electron chi connectivity index (χ3n) is 17.2. The Bertz CT molecular complexity index is 4430. The van der Waals surface area contributed by atoms with E-state index in [1.165, 1.54) is 152 Å². The minimum Gasteiger partial charge on any atom is -0.311 e. The maximum absolute atomic E-state index is 2.43. The molecule has 0 fully saturated rings. The number of rotatable bonds is 18. The molecule has 0 spiro atoms. The quantitative estimate of drug-likeness (QED) is 0.0774. The first kappa shape index (κ1) is 61.7. The molecule has 3 aromatic carbocycles. The van der Waals surface area contributed by atoms with Crippen molar-refractivity contribution in [1.29, 1.82) is 0 Å².